The Balaban J connectivity index is 2.11. The van der Waals surface area contributed by atoms with E-state index in [2.05, 4.69) is 27.9 Å². The van der Waals surface area contributed by atoms with Crippen LogP contribution in [0.3, 0.4) is 0 Å². The Labute approximate surface area is 132 Å². The van der Waals surface area contributed by atoms with E-state index in [0.717, 1.165) is 24.9 Å². The molecule has 1 heterocycles. The van der Waals surface area contributed by atoms with Gasteiger partial charge in [0, 0.05) is 11.1 Å². The summed E-state index contributed by atoms with van der Waals surface area (Å²) in [6.45, 7) is 1.16. The molecule has 1 saturated heterocycles. The zero-order chi connectivity index (χ0) is 14.7. The Morgan fingerprint density at radius 2 is 2.35 bits per heavy atom. The van der Waals surface area contributed by atoms with Gasteiger partial charge >= 0.3 is 6.09 Å². The van der Waals surface area contributed by atoms with E-state index in [-0.39, 0.29) is 0 Å². The molecule has 1 aromatic carbocycles. The third kappa shape index (κ3) is 3.65. The molecule has 1 fully saturated rings. The summed E-state index contributed by atoms with van der Waals surface area (Å²) in [7, 11) is 2.15. The highest BCUT2D eigenvalue weighted by atomic mass is 79.9. The number of nitrogens with two attached hydrogens (primary N) is 1. The number of carbonyl (C=O) groups is 1. The molecule has 2 rings (SSSR count). The van der Waals surface area contributed by atoms with Crippen molar-refractivity contribution >= 4 is 33.6 Å². The summed E-state index contributed by atoms with van der Waals surface area (Å²) in [4.78, 5) is 13.2. The molecule has 0 spiro atoms. The number of halogens is 2. The van der Waals surface area contributed by atoms with Crippen molar-refractivity contribution in [1.82, 2.24) is 4.90 Å². The Morgan fingerprint density at radius 3 is 2.95 bits per heavy atom. The molecule has 0 bridgehead atoms. The molecule has 0 aromatic heterocycles. The van der Waals surface area contributed by atoms with Crippen LogP contribution in [0.15, 0.2) is 16.6 Å². The Morgan fingerprint density at radius 1 is 1.60 bits per heavy atom. The van der Waals surface area contributed by atoms with Gasteiger partial charge in [-0.2, -0.15) is 0 Å². The summed E-state index contributed by atoms with van der Waals surface area (Å²) in [6, 6.07) is 3.97. The summed E-state index contributed by atoms with van der Waals surface area (Å²) >= 11 is 9.70. The molecule has 20 heavy (non-hydrogen) atoms. The van der Waals surface area contributed by atoms with Gasteiger partial charge in [0.1, 0.15) is 5.75 Å². The maximum atomic E-state index is 10.9. The number of primary amides is 1. The monoisotopic (exact) mass is 360 g/mol. The molecule has 1 aliphatic heterocycles. The fraction of sp³-hybridized carbons (Fsp3) is 0.500. The van der Waals surface area contributed by atoms with Crippen LogP contribution in [0.4, 0.5) is 4.79 Å². The summed E-state index contributed by atoms with van der Waals surface area (Å²) in [5.74, 6) is 0.414. The minimum absolute atomic E-state index is 0.414. The molecule has 0 aliphatic carbocycles. The van der Waals surface area contributed by atoms with Crippen molar-refractivity contribution in [3.05, 3.63) is 27.2 Å². The summed E-state index contributed by atoms with van der Waals surface area (Å²) in [5, 5.41) is 0.675. The van der Waals surface area contributed by atoms with E-state index < -0.39 is 6.09 Å². The van der Waals surface area contributed by atoms with Gasteiger partial charge in [0.05, 0.1) is 4.47 Å². The van der Waals surface area contributed by atoms with Crippen molar-refractivity contribution in [1.29, 1.82) is 0 Å². The topological polar surface area (TPSA) is 55.6 Å². The van der Waals surface area contributed by atoms with Crippen LogP contribution in [-0.2, 0) is 6.42 Å². The van der Waals surface area contributed by atoms with E-state index in [1.807, 2.05) is 0 Å². The van der Waals surface area contributed by atoms with Gasteiger partial charge in [-0.3, -0.25) is 0 Å². The summed E-state index contributed by atoms with van der Waals surface area (Å²) in [6.07, 6.45) is 3.53. The van der Waals surface area contributed by atoms with Crippen LogP contribution < -0.4 is 10.5 Å². The van der Waals surface area contributed by atoms with E-state index in [4.69, 9.17) is 22.1 Å². The van der Waals surface area contributed by atoms with E-state index in [1.165, 1.54) is 12.8 Å². The molecule has 1 unspecified atom stereocenters. The van der Waals surface area contributed by atoms with Crippen LogP contribution >= 0.6 is 27.5 Å². The van der Waals surface area contributed by atoms with Gasteiger partial charge in [-0.25, -0.2) is 4.79 Å². The van der Waals surface area contributed by atoms with Crippen LogP contribution in [0.2, 0.25) is 5.02 Å². The van der Waals surface area contributed by atoms with E-state index in [9.17, 15) is 4.79 Å². The molecular weight excluding hydrogens is 344 g/mol. The standard InChI is InChI=1S/C14H18BrClN2O2/c1-18-8-2-3-9(18)4-5-10-11(16)6-7-12(13(10)15)20-14(17)19/h6-7,9H,2-5,8H2,1H3,(H2,17,19). The molecule has 6 heteroatoms. The number of ether oxygens (including phenoxy) is 1. The van der Waals surface area contributed by atoms with Crippen molar-refractivity contribution in [2.45, 2.75) is 31.7 Å². The number of hydrogen-bond acceptors (Lipinski definition) is 3. The first kappa shape index (κ1) is 15.6. The number of carbonyl (C=O) groups excluding carboxylic acids is 1. The van der Waals surface area contributed by atoms with Gasteiger partial charge < -0.3 is 15.4 Å². The van der Waals surface area contributed by atoms with Crippen molar-refractivity contribution in [2.75, 3.05) is 13.6 Å². The highest BCUT2D eigenvalue weighted by Gasteiger charge is 2.22. The van der Waals surface area contributed by atoms with Crippen molar-refractivity contribution in [3.8, 4) is 5.75 Å². The van der Waals surface area contributed by atoms with Gasteiger partial charge in [-0.05, 0) is 72.9 Å². The summed E-state index contributed by atoms with van der Waals surface area (Å²) < 4.78 is 5.67. The maximum Gasteiger partial charge on any atom is 0.410 e. The van der Waals surface area contributed by atoms with Crippen LogP contribution in [-0.4, -0.2) is 30.6 Å². The lowest BCUT2D eigenvalue weighted by Crippen LogP contribution is -2.25. The van der Waals surface area contributed by atoms with Crippen LogP contribution in [0, 0.1) is 0 Å². The number of rotatable bonds is 4. The second-order valence-electron chi connectivity index (χ2n) is 5.07. The van der Waals surface area contributed by atoms with Gasteiger partial charge in [0.15, 0.2) is 0 Å². The SMILES string of the molecule is CN1CCCC1CCc1c(Cl)ccc(OC(N)=O)c1Br. The number of nitrogens with zero attached hydrogens (tertiary/aromatic N) is 1. The zero-order valence-corrected chi connectivity index (χ0v) is 13.7. The number of benzene rings is 1. The molecule has 0 saturated carbocycles. The highest BCUT2D eigenvalue weighted by molar-refractivity contribution is 9.10. The molecule has 1 amide bonds. The number of hydrogen-bond donors (Lipinski definition) is 1. The van der Waals surface area contributed by atoms with Crippen LogP contribution in [0.1, 0.15) is 24.8 Å². The van der Waals surface area contributed by atoms with Crippen molar-refractivity contribution in [2.24, 2.45) is 5.73 Å². The van der Waals surface area contributed by atoms with E-state index >= 15 is 0 Å². The first-order valence-electron chi connectivity index (χ1n) is 6.63. The predicted molar refractivity (Wildman–Crippen MR) is 83.3 cm³/mol. The first-order valence-corrected chi connectivity index (χ1v) is 7.80. The van der Waals surface area contributed by atoms with E-state index in [0.29, 0.717) is 21.3 Å². The van der Waals surface area contributed by atoms with Crippen LogP contribution in [0.5, 0.6) is 5.75 Å². The maximum absolute atomic E-state index is 10.9. The van der Waals surface area contributed by atoms with Crippen molar-refractivity contribution < 1.29 is 9.53 Å². The second-order valence-corrected chi connectivity index (χ2v) is 6.27. The quantitative estimate of drug-likeness (QED) is 0.891. The average molecular weight is 362 g/mol. The van der Waals surface area contributed by atoms with Gasteiger partial charge in [-0.1, -0.05) is 11.6 Å². The van der Waals surface area contributed by atoms with E-state index in [1.54, 1.807) is 12.1 Å². The Kier molecular flexibility index (Phi) is 5.29. The second kappa shape index (κ2) is 6.78. The minimum atomic E-state index is -0.825. The molecule has 0 radical (unpaired) electrons. The fourth-order valence-corrected chi connectivity index (χ4v) is 3.64. The average Bonchev–Trinajstić information content (AvgIpc) is 2.78. The lowest BCUT2D eigenvalue weighted by molar-refractivity contribution is 0.210. The van der Waals surface area contributed by atoms with Crippen molar-refractivity contribution in [3.63, 3.8) is 0 Å². The third-order valence-electron chi connectivity index (χ3n) is 3.76. The van der Waals surface area contributed by atoms with Crippen LogP contribution in [0.25, 0.3) is 0 Å². The number of amides is 1. The molecule has 1 aromatic rings. The van der Waals surface area contributed by atoms with Gasteiger partial charge in [-0.15, -0.1) is 0 Å². The summed E-state index contributed by atoms with van der Waals surface area (Å²) in [5.41, 5.74) is 6.02. The molecule has 110 valence electrons. The van der Waals surface area contributed by atoms with Gasteiger partial charge in [0.25, 0.3) is 0 Å². The largest absolute Gasteiger partial charge is 0.410 e. The molecular formula is C14H18BrClN2O2. The first-order chi connectivity index (χ1) is 9.49. The predicted octanol–water partition coefficient (Wildman–Crippen LogP) is 3.59. The number of likely N-dealkylation sites (tertiary alicyclic amines) is 1. The lowest BCUT2D eigenvalue weighted by Gasteiger charge is -2.20. The fourth-order valence-electron chi connectivity index (χ4n) is 2.65. The third-order valence-corrected chi connectivity index (χ3v) is 4.98. The molecule has 1 aliphatic rings. The molecule has 2 N–H and O–H groups in total. The Hall–Kier alpha value is -0.780. The zero-order valence-electron chi connectivity index (χ0n) is 11.4. The Bertz CT molecular complexity index is 510. The normalized spacial score (nSPS) is 19.2. The lowest BCUT2D eigenvalue weighted by atomic mass is 10.0. The molecule has 1 atom stereocenters. The minimum Gasteiger partial charge on any atom is -0.409 e. The molecule has 4 nitrogen and oxygen atoms in total. The highest BCUT2D eigenvalue weighted by Crippen LogP contribution is 2.35. The smallest absolute Gasteiger partial charge is 0.409 e. The van der Waals surface area contributed by atoms with Gasteiger partial charge in [0.2, 0.25) is 0 Å².